The first kappa shape index (κ1) is 16.8. The van der Waals surface area contributed by atoms with Gasteiger partial charge in [-0.3, -0.25) is 4.79 Å². The fourth-order valence-corrected chi connectivity index (χ4v) is 2.77. The van der Waals surface area contributed by atoms with Gasteiger partial charge in [0.2, 0.25) is 5.91 Å². The largest absolute Gasteiger partial charge is 0.416 e. The van der Waals surface area contributed by atoms with E-state index in [1.165, 1.54) is 6.07 Å². The van der Waals surface area contributed by atoms with Crippen molar-refractivity contribution in [3.05, 3.63) is 35.4 Å². The molecule has 0 spiro atoms. The Bertz CT molecular complexity index is 538. The van der Waals surface area contributed by atoms with Crippen molar-refractivity contribution in [3.8, 4) is 0 Å². The van der Waals surface area contributed by atoms with Crippen LogP contribution in [0.4, 0.5) is 13.2 Å². The van der Waals surface area contributed by atoms with Gasteiger partial charge in [-0.2, -0.15) is 13.2 Å². The summed E-state index contributed by atoms with van der Waals surface area (Å²) in [5.74, 6) is -0.361. The summed E-state index contributed by atoms with van der Waals surface area (Å²) in [6, 6.07) is 5.28. The monoisotopic (exact) mass is 314 g/mol. The second-order valence-electron chi connectivity index (χ2n) is 5.96. The van der Waals surface area contributed by atoms with E-state index in [1.807, 2.05) is 0 Å². The molecule has 1 saturated carbocycles. The Morgan fingerprint density at radius 3 is 2.55 bits per heavy atom. The lowest BCUT2D eigenvalue weighted by Crippen LogP contribution is -2.53. The van der Waals surface area contributed by atoms with Crippen LogP contribution in [0.2, 0.25) is 0 Å². The van der Waals surface area contributed by atoms with Crippen LogP contribution in [0.3, 0.4) is 0 Å². The van der Waals surface area contributed by atoms with Gasteiger partial charge in [-0.05, 0) is 44.0 Å². The zero-order valence-corrected chi connectivity index (χ0v) is 12.8. The molecule has 0 bridgehead atoms. The molecule has 0 heterocycles. The minimum Gasteiger partial charge on any atom is -0.346 e. The number of amides is 1. The lowest BCUT2D eigenvalue weighted by molar-refractivity contribution is -0.137. The molecule has 1 fully saturated rings. The molecule has 22 heavy (non-hydrogen) atoms. The third-order valence-corrected chi connectivity index (χ3v) is 4.27. The predicted molar refractivity (Wildman–Crippen MR) is 78.2 cm³/mol. The third kappa shape index (κ3) is 3.43. The zero-order chi connectivity index (χ0) is 16.4. The summed E-state index contributed by atoms with van der Waals surface area (Å²) in [7, 11) is 1.76. The smallest absolute Gasteiger partial charge is 0.346 e. The van der Waals surface area contributed by atoms with E-state index >= 15 is 0 Å². The molecule has 6 heteroatoms. The summed E-state index contributed by atoms with van der Waals surface area (Å²) < 4.78 is 38.6. The summed E-state index contributed by atoms with van der Waals surface area (Å²) >= 11 is 0. The van der Waals surface area contributed by atoms with Crippen molar-refractivity contribution < 1.29 is 18.0 Å². The fraction of sp³-hybridized carbons (Fsp3) is 0.562. The minimum atomic E-state index is -4.37. The van der Waals surface area contributed by atoms with Gasteiger partial charge in [0.25, 0.3) is 0 Å². The van der Waals surface area contributed by atoms with Gasteiger partial charge in [-0.15, -0.1) is 0 Å². The van der Waals surface area contributed by atoms with Crippen molar-refractivity contribution >= 4 is 5.91 Å². The standard InChI is InChI=1S/C16H21F3N2O/c1-11(10-20-2)14(22)21-15(7-4-8-15)12-5-3-6-13(9-12)16(17,18)19/h3,5-6,9,11,20H,4,7-8,10H2,1-2H3,(H,21,22). The van der Waals surface area contributed by atoms with Crippen LogP contribution in [-0.2, 0) is 16.5 Å². The van der Waals surface area contributed by atoms with E-state index in [0.717, 1.165) is 18.6 Å². The van der Waals surface area contributed by atoms with Crippen LogP contribution >= 0.6 is 0 Å². The molecular weight excluding hydrogens is 293 g/mol. The van der Waals surface area contributed by atoms with Crippen molar-refractivity contribution in [3.63, 3.8) is 0 Å². The van der Waals surface area contributed by atoms with E-state index < -0.39 is 17.3 Å². The molecule has 1 aromatic rings. The number of carbonyl (C=O) groups is 1. The van der Waals surface area contributed by atoms with E-state index in [1.54, 1.807) is 20.0 Å². The molecule has 2 N–H and O–H groups in total. The Hall–Kier alpha value is -1.56. The number of benzene rings is 1. The SMILES string of the molecule is CNCC(C)C(=O)NC1(c2cccc(C(F)(F)F)c2)CCC1. The number of rotatable bonds is 5. The molecular formula is C16H21F3N2O. The Kier molecular flexibility index (Phi) is 4.80. The van der Waals surface area contributed by atoms with Crippen molar-refractivity contribution in [2.24, 2.45) is 5.92 Å². The molecule has 3 nitrogen and oxygen atoms in total. The molecule has 1 aliphatic rings. The molecule has 1 amide bonds. The molecule has 0 saturated heterocycles. The van der Waals surface area contributed by atoms with Crippen molar-refractivity contribution in [2.45, 2.75) is 37.9 Å². The van der Waals surface area contributed by atoms with E-state index in [-0.39, 0.29) is 11.8 Å². The summed E-state index contributed by atoms with van der Waals surface area (Å²) in [6.07, 6.45) is -2.13. The zero-order valence-electron chi connectivity index (χ0n) is 12.8. The van der Waals surface area contributed by atoms with Gasteiger partial charge in [0.15, 0.2) is 0 Å². The number of carbonyl (C=O) groups excluding carboxylic acids is 1. The van der Waals surface area contributed by atoms with Crippen LogP contribution in [-0.4, -0.2) is 19.5 Å². The van der Waals surface area contributed by atoms with Gasteiger partial charge in [0.1, 0.15) is 0 Å². The van der Waals surface area contributed by atoms with E-state index in [9.17, 15) is 18.0 Å². The molecule has 1 aliphatic carbocycles. The molecule has 0 radical (unpaired) electrons. The van der Waals surface area contributed by atoms with E-state index in [2.05, 4.69) is 10.6 Å². The van der Waals surface area contributed by atoms with E-state index in [4.69, 9.17) is 0 Å². The van der Waals surface area contributed by atoms with Crippen LogP contribution < -0.4 is 10.6 Å². The number of alkyl halides is 3. The Morgan fingerprint density at radius 2 is 2.05 bits per heavy atom. The molecule has 2 rings (SSSR count). The highest BCUT2D eigenvalue weighted by Crippen LogP contribution is 2.43. The Labute approximate surface area is 128 Å². The first-order chi connectivity index (χ1) is 10.3. The number of nitrogens with one attached hydrogen (secondary N) is 2. The highest BCUT2D eigenvalue weighted by molar-refractivity contribution is 5.79. The molecule has 1 atom stereocenters. The second-order valence-corrected chi connectivity index (χ2v) is 5.96. The maximum Gasteiger partial charge on any atom is 0.416 e. The molecule has 0 aromatic heterocycles. The van der Waals surface area contributed by atoms with Gasteiger partial charge in [-0.1, -0.05) is 19.1 Å². The average Bonchev–Trinajstić information content (AvgIpc) is 2.42. The van der Waals surface area contributed by atoms with Crippen molar-refractivity contribution in [1.29, 1.82) is 0 Å². The predicted octanol–water partition coefficient (Wildman–Crippen LogP) is 3.06. The van der Waals surface area contributed by atoms with Crippen LogP contribution in [0.25, 0.3) is 0 Å². The number of halogens is 3. The maximum absolute atomic E-state index is 12.9. The van der Waals surface area contributed by atoms with Gasteiger partial charge in [0.05, 0.1) is 11.1 Å². The topological polar surface area (TPSA) is 41.1 Å². The Morgan fingerprint density at radius 1 is 1.36 bits per heavy atom. The summed E-state index contributed by atoms with van der Waals surface area (Å²) in [6.45, 7) is 2.33. The molecule has 1 unspecified atom stereocenters. The molecule has 122 valence electrons. The molecule has 1 aromatic carbocycles. The highest BCUT2D eigenvalue weighted by Gasteiger charge is 2.42. The third-order valence-electron chi connectivity index (χ3n) is 4.27. The minimum absolute atomic E-state index is 0.133. The van der Waals surface area contributed by atoms with Gasteiger partial charge >= 0.3 is 6.18 Å². The number of hydrogen-bond donors (Lipinski definition) is 2. The average molecular weight is 314 g/mol. The quantitative estimate of drug-likeness (QED) is 0.877. The van der Waals surface area contributed by atoms with Gasteiger partial charge in [-0.25, -0.2) is 0 Å². The second kappa shape index (κ2) is 6.28. The van der Waals surface area contributed by atoms with E-state index in [0.29, 0.717) is 24.9 Å². The molecule has 0 aliphatic heterocycles. The van der Waals surface area contributed by atoms with Crippen molar-refractivity contribution in [1.82, 2.24) is 10.6 Å². The lowest BCUT2D eigenvalue weighted by Gasteiger charge is -2.44. The summed E-state index contributed by atoms with van der Waals surface area (Å²) in [5, 5.41) is 5.89. The van der Waals surface area contributed by atoms with Crippen LogP contribution in [0.1, 0.15) is 37.3 Å². The maximum atomic E-state index is 12.9. The first-order valence-electron chi connectivity index (χ1n) is 7.43. The van der Waals surface area contributed by atoms with Crippen LogP contribution in [0.15, 0.2) is 24.3 Å². The summed E-state index contributed by atoms with van der Waals surface area (Å²) in [5.41, 5.74) is -0.784. The first-order valence-corrected chi connectivity index (χ1v) is 7.43. The highest BCUT2D eigenvalue weighted by atomic mass is 19.4. The van der Waals surface area contributed by atoms with Gasteiger partial charge in [0, 0.05) is 12.5 Å². The van der Waals surface area contributed by atoms with Gasteiger partial charge < -0.3 is 10.6 Å². The lowest BCUT2D eigenvalue weighted by atomic mass is 9.71. The summed E-state index contributed by atoms with van der Waals surface area (Å²) in [4.78, 5) is 12.2. The number of hydrogen-bond acceptors (Lipinski definition) is 2. The Balaban J connectivity index is 2.22. The van der Waals surface area contributed by atoms with Crippen molar-refractivity contribution in [2.75, 3.05) is 13.6 Å². The van der Waals surface area contributed by atoms with Crippen LogP contribution in [0.5, 0.6) is 0 Å². The normalized spacial score (nSPS) is 18.4. The fourth-order valence-electron chi connectivity index (χ4n) is 2.77. The van der Waals surface area contributed by atoms with Crippen LogP contribution in [0, 0.1) is 5.92 Å².